The summed E-state index contributed by atoms with van der Waals surface area (Å²) in [5.74, 6) is -0.288. The minimum Gasteiger partial charge on any atom is -0.456 e. The van der Waals surface area contributed by atoms with Crippen molar-refractivity contribution in [3.05, 3.63) is 142 Å². The summed E-state index contributed by atoms with van der Waals surface area (Å²) < 4.78 is 35.4. The topological polar surface area (TPSA) is 137 Å². The molecule has 5 aromatic rings. The van der Waals surface area contributed by atoms with Gasteiger partial charge in [-0.05, 0) is 104 Å². The van der Waals surface area contributed by atoms with Gasteiger partial charge < -0.3 is 19.9 Å². The number of carbonyl (C=O) groups excluding carboxylic acids is 1. The number of nitro benzene ring substituents is 1. The fraction of sp³-hybridized carbons (Fsp3) is 0.279. The van der Waals surface area contributed by atoms with Crippen LogP contribution in [0.25, 0.3) is 11.1 Å². The number of sulfonamides is 1. The lowest BCUT2D eigenvalue weighted by Gasteiger charge is -2.36. The number of piperazine rings is 1. The molecule has 0 bridgehead atoms. The van der Waals surface area contributed by atoms with Gasteiger partial charge in [-0.15, -0.1) is 0 Å². The number of anilines is 2. The average molecular weight is 809 g/mol. The third kappa shape index (κ3) is 10.1. The maximum atomic E-state index is 13.7. The van der Waals surface area contributed by atoms with E-state index in [4.69, 9.17) is 16.3 Å². The molecule has 0 aliphatic carbocycles. The number of halogens is 1. The number of rotatable bonds is 15. The summed E-state index contributed by atoms with van der Waals surface area (Å²) >= 11 is 6.14. The molecule has 12 nitrogen and oxygen atoms in total. The van der Waals surface area contributed by atoms with Crippen LogP contribution in [0.1, 0.15) is 35.2 Å². The minimum atomic E-state index is -4.51. The molecule has 2 N–H and O–H groups in total. The molecular formula is C43H45ClN6O6S. The van der Waals surface area contributed by atoms with Crippen molar-refractivity contribution in [2.45, 2.75) is 30.7 Å². The van der Waals surface area contributed by atoms with Gasteiger partial charge in [0.2, 0.25) is 0 Å². The van der Waals surface area contributed by atoms with E-state index < -0.39 is 31.4 Å². The molecule has 1 amide bonds. The van der Waals surface area contributed by atoms with E-state index in [1.807, 2.05) is 36.4 Å². The monoisotopic (exact) mass is 808 g/mol. The molecule has 2 heterocycles. The van der Waals surface area contributed by atoms with Crippen molar-refractivity contribution in [1.82, 2.24) is 14.5 Å². The van der Waals surface area contributed by atoms with Crippen LogP contribution in [-0.4, -0.2) is 81.4 Å². The number of likely N-dealkylation sites (tertiary alicyclic amines) is 1. The van der Waals surface area contributed by atoms with Gasteiger partial charge in [0.1, 0.15) is 17.2 Å². The van der Waals surface area contributed by atoms with E-state index in [2.05, 4.69) is 42.9 Å². The predicted octanol–water partition coefficient (Wildman–Crippen LogP) is 8.05. The largest absolute Gasteiger partial charge is 0.456 e. The van der Waals surface area contributed by atoms with Gasteiger partial charge in [-0.1, -0.05) is 66.2 Å². The van der Waals surface area contributed by atoms with Crippen molar-refractivity contribution >= 4 is 44.6 Å². The van der Waals surface area contributed by atoms with Gasteiger partial charge in [0, 0.05) is 62.1 Å². The number of para-hydroxylation sites is 1. The Hall–Kier alpha value is -5.47. The summed E-state index contributed by atoms with van der Waals surface area (Å²) in [5.41, 5.74) is 4.14. The Morgan fingerprint density at radius 1 is 0.807 bits per heavy atom. The zero-order valence-corrected chi connectivity index (χ0v) is 33.1. The first-order valence-electron chi connectivity index (χ1n) is 19.1. The smallest absolute Gasteiger partial charge is 0.293 e. The molecule has 57 heavy (non-hydrogen) atoms. The highest BCUT2D eigenvalue weighted by Crippen LogP contribution is 2.33. The Balaban J connectivity index is 1.04. The van der Waals surface area contributed by atoms with Gasteiger partial charge in [0.25, 0.3) is 21.6 Å². The Kier molecular flexibility index (Phi) is 12.7. The number of benzene rings is 5. The fourth-order valence-corrected chi connectivity index (χ4v) is 8.43. The van der Waals surface area contributed by atoms with Crippen LogP contribution >= 0.6 is 11.6 Å². The van der Waals surface area contributed by atoms with Gasteiger partial charge in [-0.25, -0.2) is 13.1 Å². The quantitative estimate of drug-likeness (QED) is 0.0608. The first-order valence-corrected chi connectivity index (χ1v) is 21.0. The van der Waals surface area contributed by atoms with E-state index >= 15 is 0 Å². The second-order valence-corrected chi connectivity index (χ2v) is 16.3. The normalized spacial score (nSPS) is 15.0. The van der Waals surface area contributed by atoms with Crippen LogP contribution in [0.5, 0.6) is 11.5 Å². The number of hydrogen-bond donors (Lipinski definition) is 2. The second kappa shape index (κ2) is 18.2. The van der Waals surface area contributed by atoms with Crippen molar-refractivity contribution < 1.29 is 22.9 Å². The number of ether oxygens (including phenoxy) is 1. The molecule has 0 spiro atoms. The summed E-state index contributed by atoms with van der Waals surface area (Å²) in [6.07, 6.45) is 3.15. The third-order valence-electron chi connectivity index (χ3n) is 10.4. The third-order valence-corrected chi connectivity index (χ3v) is 11.9. The van der Waals surface area contributed by atoms with E-state index in [-0.39, 0.29) is 17.0 Å². The van der Waals surface area contributed by atoms with Gasteiger partial charge in [0.05, 0.1) is 15.4 Å². The Labute approximate surface area is 338 Å². The Morgan fingerprint density at radius 3 is 2.26 bits per heavy atom. The highest BCUT2D eigenvalue weighted by molar-refractivity contribution is 7.90. The summed E-state index contributed by atoms with van der Waals surface area (Å²) in [7, 11) is -4.51. The number of nitro groups is 1. The van der Waals surface area contributed by atoms with Gasteiger partial charge in [0.15, 0.2) is 0 Å². The van der Waals surface area contributed by atoms with Crippen LogP contribution in [0.3, 0.4) is 0 Å². The molecule has 0 radical (unpaired) electrons. The van der Waals surface area contributed by atoms with Crippen LogP contribution in [-0.2, 0) is 16.6 Å². The van der Waals surface area contributed by atoms with Gasteiger partial charge >= 0.3 is 0 Å². The van der Waals surface area contributed by atoms with E-state index in [0.717, 1.165) is 76.1 Å². The van der Waals surface area contributed by atoms with Crippen LogP contribution in [0.2, 0.25) is 5.02 Å². The van der Waals surface area contributed by atoms with Crippen LogP contribution < -0.4 is 19.7 Å². The molecule has 0 saturated carbocycles. The highest BCUT2D eigenvalue weighted by Gasteiger charge is 2.27. The van der Waals surface area contributed by atoms with Crippen molar-refractivity contribution in [2.24, 2.45) is 0 Å². The summed E-state index contributed by atoms with van der Waals surface area (Å²) in [4.78, 5) is 31.6. The molecule has 14 heteroatoms. The molecule has 2 aliphatic heterocycles. The molecule has 7 rings (SSSR count). The van der Waals surface area contributed by atoms with E-state index in [9.17, 15) is 23.3 Å². The molecular weight excluding hydrogens is 764 g/mol. The average Bonchev–Trinajstić information content (AvgIpc) is 3.74. The SMILES string of the molecule is O=C(NS(=O)(=O)c1ccc(NCCCN2CCCC2)c([N+](=O)[O-])c1)c1ccc(N2CCN(Cc3ccccc3-c3ccc(Cl)cc3)CC2)cc1Oc1ccccc1. The highest BCUT2D eigenvalue weighted by atomic mass is 35.5. The van der Waals surface area contributed by atoms with E-state index in [1.54, 1.807) is 42.5 Å². The standard InChI is InChI=1S/C43H45ClN6O6S/c44-34-15-13-32(14-16-34)38-12-5-4-9-33(38)31-48-25-27-49(28-26-48)35-17-19-39(42(29-35)56-36-10-2-1-3-11-36)43(51)46-57(54,55)37-18-20-40(41(30-37)50(52)53)45-21-8-24-47-22-6-7-23-47/h1-5,9-20,29-30,45H,6-8,21-28,31H2,(H,46,51). The van der Waals surface area contributed by atoms with Crippen LogP contribution in [0.15, 0.2) is 120 Å². The van der Waals surface area contributed by atoms with E-state index in [0.29, 0.717) is 17.3 Å². The first kappa shape index (κ1) is 39.8. The van der Waals surface area contributed by atoms with E-state index in [1.165, 1.54) is 36.1 Å². The van der Waals surface area contributed by atoms with Crippen molar-refractivity contribution in [3.8, 4) is 22.6 Å². The number of carbonyl (C=O) groups is 1. The molecule has 2 saturated heterocycles. The zero-order valence-electron chi connectivity index (χ0n) is 31.5. The van der Waals surface area contributed by atoms with Crippen molar-refractivity contribution in [1.29, 1.82) is 0 Å². The fourth-order valence-electron chi connectivity index (χ4n) is 7.32. The first-order chi connectivity index (χ1) is 27.6. The maximum Gasteiger partial charge on any atom is 0.293 e. The molecule has 2 aliphatic rings. The number of nitrogens with zero attached hydrogens (tertiary/aromatic N) is 4. The summed E-state index contributed by atoms with van der Waals surface area (Å²) in [6.45, 7) is 7.31. The molecule has 0 aromatic heterocycles. The zero-order chi connectivity index (χ0) is 39.8. The molecule has 2 fully saturated rings. The summed E-state index contributed by atoms with van der Waals surface area (Å²) in [6, 6.07) is 33.8. The number of amides is 1. The minimum absolute atomic E-state index is 0.00518. The Bertz CT molecular complexity index is 2300. The lowest BCUT2D eigenvalue weighted by Crippen LogP contribution is -2.46. The van der Waals surface area contributed by atoms with Gasteiger partial charge in [-0.3, -0.25) is 19.8 Å². The van der Waals surface area contributed by atoms with Crippen molar-refractivity contribution in [3.63, 3.8) is 0 Å². The number of hydrogen-bond acceptors (Lipinski definition) is 10. The van der Waals surface area contributed by atoms with Crippen LogP contribution in [0.4, 0.5) is 17.1 Å². The van der Waals surface area contributed by atoms with Crippen molar-refractivity contribution in [2.75, 3.05) is 62.6 Å². The summed E-state index contributed by atoms with van der Waals surface area (Å²) in [5, 5.41) is 15.8. The van der Waals surface area contributed by atoms with Gasteiger partial charge in [-0.2, -0.15) is 0 Å². The molecule has 0 atom stereocenters. The molecule has 5 aromatic carbocycles. The Morgan fingerprint density at radius 2 is 1.53 bits per heavy atom. The van der Waals surface area contributed by atoms with Crippen LogP contribution in [0, 0.1) is 10.1 Å². The molecule has 296 valence electrons. The predicted molar refractivity (Wildman–Crippen MR) is 224 cm³/mol. The second-order valence-electron chi connectivity index (χ2n) is 14.2. The molecule has 0 unspecified atom stereocenters. The number of nitrogens with one attached hydrogen (secondary N) is 2. The lowest BCUT2D eigenvalue weighted by atomic mass is 9.99. The lowest BCUT2D eigenvalue weighted by molar-refractivity contribution is -0.384. The maximum absolute atomic E-state index is 13.7.